The van der Waals surface area contributed by atoms with Gasteiger partial charge < -0.3 is 0 Å². The maximum absolute atomic E-state index is 11.0. The minimum atomic E-state index is 0.265. The average molecular weight is 141 g/mol. The lowest BCUT2D eigenvalue weighted by atomic mass is 9.98. The first-order valence-electron chi connectivity index (χ1n) is 4.02. The lowest BCUT2D eigenvalue weighted by molar-refractivity contribution is -0.122. The summed E-state index contributed by atoms with van der Waals surface area (Å²) >= 11 is 0. The molecule has 0 heterocycles. The number of unbranched alkanes of at least 4 members (excludes halogenated alkanes) is 1. The number of rotatable bonds is 5. The van der Waals surface area contributed by atoms with E-state index < -0.39 is 0 Å². The van der Waals surface area contributed by atoms with Gasteiger partial charge in [0.05, 0.1) is 0 Å². The minimum Gasteiger partial charge on any atom is -0.299 e. The molecule has 0 aromatic heterocycles. The molecule has 0 aliphatic rings. The van der Waals surface area contributed by atoms with Gasteiger partial charge in [-0.25, -0.2) is 0 Å². The molecule has 10 heavy (non-hydrogen) atoms. The molecule has 0 rings (SSSR count). The third-order valence-corrected chi connectivity index (χ3v) is 1.79. The van der Waals surface area contributed by atoms with Crippen LogP contribution in [-0.4, -0.2) is 5.78 Å². The number of hydrogen-bond donors (Lipinski definition) is 0. The van der Waals surface area contributed by atoms with Crippen LogP contribution in [0.1, 0.15) is 40.0 Å². The summed E-state index contributed by atoms with van der Waals surface area (Å²) in [4.78, 5) is 11.0. The molecule has 59 valence electrons. The predicted molar refractivity (Wildman–Crippen MR) is 43.7 cm³/mol. The van der Waals surface area contributed by atoms with Crippen molar-refractivity contribution in [1.82, 2.24) is 0 Å². The molecule has 0 saturated carbocycles. The number of ketones is 1. The monoisotopic (exact) mass is 141 g/mol. The van der Waals surface area contributed by atoms with E-state index in [0.29, 0.717) is 12.2 Å². The van der Waals surface area contributed by atoms with Crippen LogP contribution < -0.4 is 0 Å². The van der Waals surface area contributed by atoms with Gasteiger partial charge >= 0.3 is 0 Å². The van der Waals surface area contributed by atoms with Gasteiger partial charge in [0.25, 0.3) is 0 Å². The van der Waals surface area contributed by atoms with E-state index in [4.69, 9.17) is 0 Å². The fraction of sp³-hybridized carbons (Fsp3) is 0.778. The fourth-order valence-corrected chi connectivity index (χ4v) is 0.926. The van der Waals surface area contributed by atoms with E-state index in [1.807, 2.05) is 20.8 Å². The van der Waals surface area contributed by atoms with E-state index in [-0.39, 0.29) is 5.92 Å². The Balaban J connectivity index is 3.41. The molecule has 1 atom stereocenters. The molecule has 0 N–H and O–H groups in total. The van der Waals surface area contributed by atoms with Crippen LogP contribution in [-0.2, 0) is 4.79 Å². The molecule has 0 spiro atoms. The summed E-state index contributed by atoms with van der Waals surface area (Å²) in [5.74, 6) is 0.656. The Bertz CT molecular complexity index is 96.9. The first kappa shape index (κ1) is 9.67. The average Bonchev–Trinajstić information content (AvgIpc) is 1.98. The Morgan fingerprint density at radius 2 is 2.20 bits per heavy atom. The zero-order valence-electron chi connectivity index (χ0n) is 7.18. The van der Waals surface area contributed by atoms with Crippen molar-refractivity contribution in [3.8, 4) is 0 Å². The topological polar surface area (TPSA) is 17.1 Å². The highest BCUT2D eigenvalue weighted by Crippen LogP contribution is 2.09. The van der Waals surface area contributed by atoms with Crippen LogP contribution in [0.5, 0.6) is 0 Å². The zero-order valence-corrected chi connectivity index (χ0v) is 7.18. The highest BCUT2D eigenvalue weighted by molar-refractivity contribution is 5.80. The number of Topliss-reactive ketones (excluding diaryl/α,β-unsaturated/α-hetero) is 1. The van der Waals surface area contributed by atoms with Crippen molar-refractivity contribution in [2.24, 2.45) is 5.92 Å². The van der Waals surface area contributed by atoms with Gasteiger partial charge in [0.15, 0.2) is 0 Å². The lowest BCUT2D eigenvalue weighted by Gasteiger charge is -2.06. The summed E-state index contributed by atoms with van der Waals surface area (Å²) in [7, 11) is 0. The predicted octanol–water partition coefficient (Wildman–Crippen LogP) is 2.61. The van der Waals surface area contributed by atoms with E-state index in [1.54, 1.807) is 0 Å². The Kier molecular flexibility index (Phi) is 5.27. The van der Waals surface area contributed by atoms with E-state index in [1.165, 1.54) is 0 Å². The normalized spacial score (nSPS) is 13.1. The van der Waals surface area contributed by atoms with E-state index in [9.17, 15) is 4.79 Å². The Labute approximate surface area is 63.8 Å². The molecule has 1 unspecified atom stereocenters. The quantitative estimate of drug-likeness (QED) is 0.575. The maximum atomic E-state index is 11.0. The zero-order chi connectivity index (χ0) is 7.98. The summed E-state index contributed by atoms with van der Waals surface area (Å²) in [6.45, 7) is 5.97. The molecule has 0 aromatic rings. The van der Waals surface area contributed by atoms with Crippen molar-refractivity contribution < 1.29 is 4.79 Å². The van der Waals surface area contributed by atoms with Crippen LogP contribution in [0.25, 0.3) is 0 Å². The summed E-state index contributed by atoms with van der Waals surface area (Å²) in [5, 5.41) is 0. The van der Waals surface area contributed by atoms with Gasteiger partial charge in [-0.05, 0) is 19.3 Å². The second-order valence-corrected chi connectivity index (χ2v) is 2.71. The van der Waals surface area contributed by atoms with Crippen LogP contribution in [0, 0.1) is 12.3 Å². The van der Waals surface area contributed by atoms with Crippen molar-refractivity contribution in [3.63, 3.8) is 0 Å². The van der Waals surface area contributed by atoms with Gasteiger partial charge in [-0.3, -0.25) is 4.79 Å². The number of carbonyl (C=O) groups excluding carboxylic acids is 1. The minimum absolute atomic E-state index is 0.265. The summed E-state index contributed by atoms with van der Waals surface area (Å²) in [5.41, 5.74) is 0. The standard InChI is InChI=1S/C9H17O/c1-4-6-7-8(3)9(10)5-2/h4,8H,5-7H2,1-3H3. The second kappa shape index (κ2) is 5.45. The Morgan fingerprint density at radius 1 is 1.60 bits per heavy atom. The van der Waals surface area contributed by atoms with E-state index in [0.717, 1.165) is 12.8 Å². The largest absolute Gasteiger partial charge is 0.299 e. The maximum Gasteiger partial charge on any atom is 0.135 e. The van der Waals surface area contributed by atoms with Crippen LogP contribution >= 0.6 is 0 Å². The van der Waals surface area contributed by atoms with E-state index >= 15 is 0 Å². The summed E-state index contributed by atoms with van der Waals surface area (Å²) in [6, 6.07) is 0. The first-order chi connectivity index (χ1) is 4.72. The van der Waals surface area contributed by atoms with Crippen molar-refractivity contribution in [3.05, 3.63) is 6.42 Å². The highest BCUT2D eigenvalue weighted by atomic mass is 16.1. The second-order valence-electron chi connectivity index (χ2n) is 2.71. The molecule has 1 radical (unpaired) electrons. The van der Waals surface area contributed by atoms with Crippen molar-refractivity contribution in [2.75, 3.05) is 0 Å². The van der Waals surface area contributed by atoms with Crippen LogP contribution in [0.2, 0.25) is 0 Å². The molecule has 0 aromatic carbocycles. The molecule has 0 aliphatic carbocycles. The Morgan fingerprint density at radius 3 is 2.60 bits per heavy atom. The SMILES string of the molecule is C[CH]CCC(C)C(=O)CC. The molecular weight excluding hydrogens is 124 g/mol. The smallest absolute Gasteiger partial charge is 0.135 e. The van der Waals surface area contributed by atoms with Gasteiger partial charge in [-0.15, -0.1) is 0 Å². The molecule has 0 saturated heterocycles. The summed E-state index contributed by atoms with van der Waals surface area (Å²) in [6.07, 6.45) is 4.88. The molecule has 1 nitrogen and oxygen atoms in total. The highest BCUT2D eigenvalue weighted by Gasteiger charge is 2.08. The van der Waals surface area contributed by atoms with Gasteiger partial charge in [0.1, 0.15) is 5.78 Å². The fourth-order valence-electron chi connectivity index (χ4n) is 0.926. The first-order valence-corrected chi connectivity index (χ1v) is 4.02. The molecule has 0 amide bonds. The van der Waals surface area contributed by atoms with E-state index in [2.05, 4.69) is 6.42 Å². The van der Waals surface area contributed by atoms with Crippen LogP contribution in [0.4, 0.5) is 0 Å². The van der Waals surface area contributed by atoms with Crippen molar-refractivity contribution in [2.45, 2.75) is 40.0 Å². The third-order valence-electron chi connectivity index (χ3n) is 1.79. The molecule has 1 heteroatoms. The Hall–Kier alpha value is -0.330. The van der Waals surface area contributed by atoms with Crippen LogP contribution in [0.3, 0.4) is 0 Å². The number of carbonyl (C=O) groups is 1. The molecule has 0 aliphatic heterocycles. The van der Waals surface area contributed by atoms with Gasteiger partial charge in [-0.1, -0.05) is 20.8 Å². The molecular formula is C9H17O. The van der Waals surface area contributed by atoms with Crippen molar-refractivity contribution >= 4 is 5.78 Å². The van der Waals surface area contributed by atoms with Gasteiger partial charge in [0, 0.05) is 12.3 Å². The third kappa shape index (κ3) is 3.65. The van der Waals surface area contributed by atoms with Gasteiger partial charge in [-0.2, -0.15) is 0 Å². The molecule has 0 bridgehead atoms. The summed E-state index contributed by atoms with van der Waals surface area (Å²) < 4.78 is 0. The molecule has 0 fully saturated rings. The van der Waals surface area contributed by atoms with Gasteiger partial charge in [0.2, 0.25) is 0 Å². The van der Waals surface area contributed by atoms with Crippen molar-refractivity contribution in [1.29, 1.82) is 0 Å². The lowest BCUT2D eigenvalue weighted by Crippen LogP contribution is -2.08. The van der Waals surface area contributed by atoms with Crippen LogP contribution in [0.15, 0.2) is 0 Å². The number of hydrogen-bond acceptors (Lipinski definition) is 1.